The second kappa shape index (κ2) is 2.96. The summed E-state index contributed by atoms with van der Waals surface area (Å²) in [4.78, 5) is 16.7. The molecule has 0 radical (unpaired) electrons. The summed E-state index contributed by atoms with van der Waals surface area (Å²) < 4.78 is 0. The van der Waals surface area contributed by atoms with Gasteiger partial charge in [0.2, 0.25) is 0 Å². The summed E-state index contributed by atoms with van der Waals surface area (Å²) in [5.74, 6) is 6.59. The molecule has 0 amide bonds. The number of aromatic nitrogens is 2. The van der Waals surface area contributed by atoms with E-state index in [1.54, 1.807) is 0 Å². The summed E-state index contributed by atoms with van der Waals surface area (Å²) in [6.07, 6.45) is 4.37. The number of rotatable bonds is 0. The molecule has 80 valence electrons. The number of H-pyrrole nitrogens is 2. The fourth-order valence-corrected chi connectivity index (χ4v) is 2.43. The molecular weight excluding hydrogens is 194 g/mol. The van der Waals surface area contributed by atoms with Crippen molar-refractivity contribution in [2.45, 2.75) is 31.6 Å². The molecule has 6 heteroatoms. The highest BCUT2D eigenvalue weighted by Crippen LogP contribution is 2.36. The van der Waals surface area contributed by atoms with Crippen LogP contribution in [0.1, 0.15) is 37.3 Å². The van der Waals surface area contributed by atoms with Gasteiger partial charge in [-0.15, -0.1) is 0 Å². The molecule has 3 rings (SSSR count). The van der Waals surface area contributed by atoms with E-state index < -0.39 is 0 Å². The van der Waals surface area contributed by atoms with E-state index in [1.165, 1.54) is 11.5 Å². The van der Waals surface area contributed by atoms with Gasteiger partial charge in [0, 0.05) is 11.6 Å². The van der Waals surface area contributed by atoms with Crippen molar-refractivity contribution >= 4 is 11.5 Å². The average Bonchev–Trinajstić information content (AvgIpc) is 2.61. The first-order valence-electron chi connectivity index (χ1n) is 5.20. The van der Waals surface area contributed by atoms with Gasteiger partial charge in [0.15, 0.2) is 5.82 Å². The minimum atomic E-state index is -0.211. The van der Waals surface area contributed by atoms with Crippen molar-refractivity contribution in [1.29, 1.82) is 0 Å². The van der Waals surface area contributed by atoms with Crippen molar-refractivity contribution < 1.29 is 0 Å². The lowest BCUT2D eigenvalue weighted by Crippen LogP contribution is -2.35. The third kappa shape index (κ3) is 1.21. The van der Waals surface area contributed by atoms with Crippen LogP contribution in [-0.4, -0.2) is 15.7 Å². The first kappa shape index (κ1) is 8.72. The fourth-order valence-electron chi connectivity index (χ4n) is 2.43. The first-order chi connectivity index (χ1) is 7.25. The molecule has 1 fully saturated rings. The normalized spacial score (nSPS) is 24.5. The number of anilines is 1. The van der Waals surface area contributed by atoms with Gasteiger partial charge in [-0.05, 0) is 19.3 Å². The minimum Gasteiger partial charge on any atom is -0.307 e. The van der Waals surface area contributed by atoms with E-state index in [-0.39, 0.29) is 11.6 Å². The summed E-state index contributed by atoms with van der Waals surface area (Å²) in [7, 11) is 0. The lowest BCUT2D eigenvalue weighted by atomic mass is 9.84. The smallest absolute Gasteiger partial charge is 0.307 e. The Morgan fingerprint density at radius 1 is 1.40 bits per heavy atom. The Hall–Kier alpha value is -1.56. The van der Waals surface area contributed by atoms with E-state index in [0.29, 0.717) is 5.82 Å². The van der Waals surface area contributed by atoms with Crippen LogP contribution < -0.4 is 16.7 Å². The Morgan fingerprint density at radius 2 is 2.27 bits per heavy atom. The number of imidazole rings is 1. The SMILES string of the molecule is NN1N=C2CCCCC2c2[nH]c(=O)[nH]c21. The maximum Gasteiger partial charge on any atom is 0.324 e. The number of nitrogens with one attached hydrogen (secondary N) is 2. The third-order valence-corrected chi connectivity index (χ3v) is 3.13. The monoisotopic (exact) mass is 207 g/mol. The van der Waals surface area contributed by atoms with Gasteiger partial charge in [-0.25, -0.2) is 10.6 Å². The van der Waals surface area contributed by atoms with Crippen LogP contribution in [0.3, 0.4) is 0 Å². The summed E-state index contributed by atoms with van der Waals surface area (Å²) >= 11 is 0. The van der Waals surface area contributed by atoms with Crippen molar-refractivity contribution in [3.8, 4) is 0 Å². The van der Waals surface area contributed by atoms with Gasteiger partial charge in [-0.2, -0.15) is 10.2 Å². The van der Waals surface area contributed by atoms with Gasteiger partial charge >= 0.3 is 5.69 Å². The van der Waals surface area contributed by atoms with E-state index >= 15 is 0 Å². The predicted octanol–water partition coefficient (Wildman–Crippen LogP) is 0.410. The van der Waals surface area contributed by atoms with Gasteiger partial charge in [0.05, 0.1) is 5.69 Å². The van der Waals surface area contributed by atoms with Crippen LogP contribution in [0.15, 0.2) is 9.90 Å². The lowest BCUT2D eigenvalue weighted by molar-refractivity contribution is 0.590. The standard InChI is InChI=1S/C9H13N5O/c10-14-8-7(11-9(15)12-8)5-3-1-2-4-6(5)13-14/h5H,1-4,10H2,(H2,11,12,15). The van der Waals surface area contributed by atoms with Crippen LogP contribution in [0.2, 0.25) is 0 Å². The van der Waals surface area contributed by atoms with E-state index in [2.05, 4.69) is 15.1 Å². The van der Waals surface area contributed by atoms with Crippen molar-refractivity contribution in [3.63, 3.8) is 0 Å². The number of fused-ring (bicyclic) bond motifs is 3. The molecule has 1 saturated carbocycles. The highest BCUT2D eigenvalue weighted by atomic mass is 16.1. The van der Waals surface area contributed by atoms with Gasteiger partial charge in [0.25, 0.3) is 0 Å². The Kier molecular flexibility index (Phi) is 1.72. The molecule has 15 heavy (non-hydrogen) atoms. The van der Waals surface area contributed by atoms with Gasteiger partial charge in [0.1, 0.15) is 0 Å². The fraction of sp³-hybridized carbons (Fsp3) is 0.556. The van der Waals surface area contributed by atoms with E-state index in [4.69, 9.17) is 5.84 Å². The summed E-state index contributed by atoms with van der Waals surface area (Å²) in [5, 5.41) is 5.56. The molecule has 6 nitrogen and oxygen atoms in total. The number of hydrazine groups is 1. The third-order valence-electron chi connectivity index (χ3n) is 3.13. The first-order valence-corrected chi connectivity index (χ1v) is 5.20. The molecule has 4 N–H and O–H groups in total. The average molecular weight is 207 g/mol. The Morgan fingerprint density at radius 3 is 3.13 bits per heavy atom. The van der Waals surface area contributed by atoms with E-state index in [0.717, 1.165) is 30.7 Å². The second-order valence-electron chi connectivity index (χ2n) is 4.08. The molecule has 2 heterocycles. The molecule has 1 aliphatic heterocycles. The van der Waals surface area contributed by atoms with Crippen molar-refractivity contribution in [1.82, 2.24) is 9.97 Å². The number of hydrogen-bond acceptors (Lipinski definition) is 4. The molecule has 1 aromatic heterocycles. The Labute approximate surface area is 86.1 Å². The quantitative estimate of drug-likeness (QED) is 0.538. The number of aromatic amines is 2. The molecule has 1 aromatic rings. The molecule has 2 aliphatic rings. The van der Waals surface area contributed by atoms with E-state index in [9.17, 15) is 4.79 Å². The number of hydrazone groups is 1. The van der Waals surface area contributed by atoms with Crippen LogP contribution >= 0.6 is 0 Å². The lowest BCUT2D eigenvalue weighted by Gasteiger charge is -2.30. The maximum atomic E-state index is 11.2. The zero-order valence-electron chi connectivity index (χ0n) is 8.29. The molecule has 0 spiro atoms. The summed E-state index contributed by atoms with van der Waals surface area (Å²) in [5.41, 5.74) is 1.77. The number of hydrogen-bond donors (Lipinski definition) is 3. The molecule has 1 aliphatic carbocycles. The van der Waals surface area contributed by atoms with Crippen LogP contribution in [0.25, 0.3) is 0 Å². The highest BCUT2D eigenvalue weighted by Gasteiger charge is 2.32. The Balaban J connectivity index is 2.12. The molecule has 0 bridgehead atoms. The number of nitrogens with zero attached hydrogens (tertiary/aromatic N) is 2. The van der Waals surface area contributed by atoms with Crippen LogP contribution in [0.5, 0.6) is 0 Å². The highest BCUT2D eigenvalue weighted by molar-refractivity contribution is 5.94. The molecule has 0 aromatic carbocycles. The van der Waals surface area contributed by atoms with Crippen LogP contribution in [0, 0.1) is 0 Å². The molecule has 1 unspecified atom stereocenters. The number of nitrogens with two attached hydrogens (primary N) is 1. The largest absolute Gasteiger partial charge is 0.324 e. The van der Waals surface area contributed by atoms with Crippen molar-refractivity contribution in [2.24, 2.45) is 10.9 Å². The maximum absolute atomic E-state index is 11.2. The van der Waals surface area contributed by atoms with Crippen LogP contribution in [-0.2, 0) is 0 Å². The zero-order chi connectivity index (χ0) is 10.4. The van der Waals surface area contributed by atoms with Gasteiger partial charge < -0.3 is 4.98 Å². The van der Waals surface area contributed by atoms with Gasteiger partial charge in [-0.1, -0.05) is 6.42 Å². The zero-order valence-corrected chi connectivity index (χ0v) is 8.29. The molecule has 1 atom stereocenters. The molecule has 0 saturated heterocycles. The minimum absolute atomic E-state index is 0.211. The molecular formula is C9H13N5O. The Bertz CT molecular complexity index is 471. The topological polar surface area (TPSA) is 90.3 Å². The summed E-state index contributed by atoms with van der Waals surface area (Å²) in [6, 6.07) is 0. The van der Waals surface area contributed by atoms with Crippen molar-refractivity contribution in [3.05, 3.63) is 16.2 Å². The van der Waals surface area contributed by atoms with E-state index in [1.807, 2.05) is 0 Å². The second-order valence-corrected chi connectivity index (χ2v) is 4.08. The van der Waals surface area contributed by atoms with Crippen molar-refractivity contribution in [2.75, 3.05) is 5.12 Å². The predicted molar refractivity (Wildman–Crippen MR) is 56.7 cm³/mol. The van der Waals surface area contributed by atoms with Gasteiger partial charge in [-0.3, -0.25) is 4.98 Å². The van der Waals surface area contributed by atoms with Crippen LogP contribution in [0.4, 0.5) is 5.82 Å². The summed E-state index contributed by atoms with van der Waals surface area (Å²) in [6.45, 7) is 0.